The van der Waals surface area contributed by atoms with Crippen LogP contribution in [0.5, 0.6) is 11.5 Å². The predicted molar refractivity (Wildman–Crippen MR) is 97.2 cm³/mol. The molecule has 3 aromatic rings. The molecule has 10 heteroatoms. The second kappa shape index (κ2) is 7.36. The number of hydrogen-bond acceptors (Lipinski definition) is 4. The Morgan fingerprint density at radius 3 is 2.27 bits per heavy atom. The van der Waals surface area contributed by atoms with Crippen molar-refractivity contribution >= 4 is 22.8 Å². The van der Waals surface area contributed by atoms with Gasteiger partial charge in [0.2, 0.25) is 0 Å². The second-order valence-electron chi connectivity index (χ2n) is 6.59. The van der Waals surface area contributed by atoms with Crippen LogP contribution in [0.2, 0.25) is 0 Å². The van der Waals surface area contributed by atoms with Crippen molar-refractivity contribution in [3.8, 4) is 11.5 Å². The minimum absolute atomic E-state index is 0.0199. The van der Waals surface area contributed by atoms with E-state index in [9.17, 15) is 37.4 Å². The number of aromatic hydroxyl groups is 1. The van der Waals surface area contributed by atoms with E-state index in [-0.39, 0.29) is 27.7 Å². The fourth-order valence-electron chi connectivity index (χ4n) is 3.31. The molecule has 3 rings (SSSR count). The van der Waals surface area contributed by atoms with Crippen molar-refractivity contribution in [2.75, 3.05) is 0 Å². The van der Waals surface area contributed by atoms with Crippen molar-refractivity contribution in [1.82, 2.24) is 4.57 Å². The number of alkyl halides is 3. The number of carbonyl (C=O) groups excluding carboxylic acids is 1. The molecule has 1 aromatic heterocycles. The van der Waals surface area contributed by atoms with Crippen molar-refractivity contribution < 1.29 is 42.1 Å². The third-order valence-corrected chi connectivity index (χ3v) is 4.66. The third-order valence-electron chi connectivity index (χ3n) is 4.66. The van der Waals surface area contributed by atoms with Crippen LogP contribution in [0.4, 0.5) is 17.6 Å². The maximum Gasteiger partial charge on any atom is 0.573 e. The monoisotopic (exact) mass is 425 g/mol. The Kier molecular flexibility index (Phi) is 5.19. The quantitative estimate of drug-likeness (QED) is 0.598. The summed E-state index contributed by atoms with van der Waals surface area (Å²) in [5, 5.41) is 19.3. The highest BCUT2D eigenvalue weighted by molar-refractivity contribution is 6.05. The number of halogens is 4. The lowest BCUT2D eigenvalue weighted by Gasteiger charge is -2.11. The number of benzene rings is 2. The van der Waals surface area contributed by atoms with E-state index in [1.165, 1.54) is 13.8 Å². The van der Waals surface area contributed by atoms with E-state index in [1.807, 2.05) is 0 Å². The number of rotatable bonds is 4. The zero-order valence-corrected chi connectivity index (χ0v) is 15.6. The minimum atomic E-state index is -4.89. The highest BCUT2D eigenvalue weighted by Gasteiger charge is 2.31. The molecule has 1 atom stereocenters. The molecule has 1 unspecified atom stereocenters. The molecule has 0 spiro atoms. The van der Waals surface area contributed by atoms with Gasteiger partial charge in [0.05, 0.1) is 11.4 Å². The van der Waals surface area contributed by atoms with Crippen LogP contribution in [0.3, 0.4) is 0 Å². The first-order valence-corrected chi connectivity index (χ1v) is 8.57. The molecule has 0 saturated heterocycles. The maximum absolute atomic E-state index is 14.0. The Labute approximate surface area is 166 Å². The summed E-state index contributed by atoms with van der Waals surface area (Å²) in [6.07, 6.45) is -4.89. The van der Waals surface area contributed by atoms with E-state index >= 15 is 0 Å². The molecule has 158 valence electrons. The number of phenols is 1. The Balaban J connectivity index is 2.15. The van der Waals surface area contributed by atoms with Gasteiger partial charge in [0.25, 0.3) is 5.91 Å². The van der Waals surface area contributed by atoms with Crippen molar-refractivity contribution in [3.63, 3.8) is 0 Å². The van der Waals surface area contributed by atoms with Crippen LogP contribution in [0, 0.1) is 12.7 Å². The molecular formula is C20H15F4NO5. The van der Waals surface area contributed by atoms with Gasteiger partial charge in [0.15, 0.2) is 11.6 Å². The van der Waals surface area contributed by atoms with Gasteiger partial charge in [-0.15, -0.1) is 13.2 Å². The number of hydrogen-bond donors (Lipinski definition) is 2. The molecule has 2 N–H and O–H groups in total. The van der Waals surface area contributed by atoms with Gasteiger partial charge in [-0.2, -0.15) is 0 Å². The minimum Gasteiger partial charge on any atom is -0.505 e. The number of phenolic OH excluding ortho intramolecular Hbond substituents is 1. The Hall–Kier alpha value is -3.56. The lowest BCUT2D eigenvalue weighted by Crippen LogP contribution is -2.18. The highest BCUT2D eigenvalue weighted by Crippen LogP contribution is 2.36. The summed E-state index contributed by atoms with van der Waals surface area (Å²) in [4.78, 5) is 24.6. The van der Waals surface area contributed by atoms with Crippen molar-refractivity contribution in [3.05, 3.63) is 59.0 Å². The van der Waals surface area contributed by atoms with Crippen molar-refractivity contribution in [1.29, 1.82) is 0 Å². The van der Waals surface area contributed by atoms with E-state index in [2.05, 4.69) is 4.74 Å². The fraction of sp³-hybridized carbons (Fsp3) is 0.200. The summed E-state index contributed by atoms with van der Waals surface area (Å²) in [5.41, 5.74) is 0.391. The Morgan fingerprint density at radius 2 is 1.73 bits per heavy atom. The normalized spacial score (nSPS) is 12.7. The van der Waals surface area contributed by atoms with Gasteiger partial charge in [-0.25, -0.2) is 4.39 Å². The molecule has 0 aliphatic rings. The number of ether oxygens (including phenoxy) is 1. The lowest BCUT2D eigenvalue weighted by atomic mass is 9.98. The Bertz CT molecular complexity index is 1150. The molecule has 30 heavy (non-hydrogen) atoms. The average molecular weight is 425 g/mol. The van der Waals surface area contributed by atoms with E-state index in [1.54, 1.807) is 0 Å². The van der Waals surface area contributed by atoms with E-state index < -0.39 is 41.5 Å². The first-order chi connectivity index (χ1) is 13.9. The second-order valence-corrected chi connectivity index (χ2v) is 6.59. The first-order valence-electron chi connectivity index (χ1n) is 8.57. The SMILES string of the molecule is Cc1c(C(C)C(=O)O)c2cc(O)c(F)cc2n1C(=O)c1ccc(OC(F)(F)F)cc1. The molecule has 6 nitrogen and oxygen atoms in total. The Morgan fingerprint density at radius 1 is 1.13 bits per heavy atom. The van der Waals surface area contributed by atoms with E-state index in [0.717, 1.165) is 41.0 Å². The molecular weight excluding hydrogens is 410 g/mol. The van der Waals surface area contributed by atoms with Gasteiger partial charge in [-0.1, -0.05) is 0 Å². The number of aromatic nitrogens is 1. The van der Waals surface area contributed by atoms with Gasteiger partial charge in [-0.3, -0.25) is 14.2 Å². The summed E-state index contributed by atoms with van der Waals surface area (Å²) in [6, 6.07) is 6.05. The summed E-state index contributed by atoms with van der Waals surface area (Å²) in [6.45, 7) is 2.84. The largest absolute Gasteiger partial charge is 0.573 e. The van der Waals surface area contributed by atoms with Crippen LogP contribution in [0.25, 0.3) is 10.9 Å². The molecule has 0 radical (unpaired) electrons. The molecule has 0 aliphatic carbocycles. The number of carboxylic acid groups (broad SMARTS) is 1. The molecule has 0 saturated carbocycles. The van der Waals surface area contributed by atoms with Crippen molar-refractivity contribution in [2.45, 2.75) is 26.1 Å². The number of nitrogens with zero attached hydrogens (tertiary/aromatic N) is 1. The molecule has 0 bridgehead atoms. The van der Waals surface area contributed by atoms with Gasteiger partial charge >= 0.3 is 12.3 Å². The average Bonchev–Trinajstić information content (AvgIpc) is 2.91. The molecule has 0 fully saturated rings. The standard InChI is InChI=1S/C20H15F4NO5/c1-9(19(28)29)17-10(2)25(15-8-14(21)16(26)7-13(15)17)18(27)11-3-5-12(6-4-11)30-20(22,23)24/h3-9,26H,1-2H3,(H,28,29). The number of carbonyl (C=O) groups is 2. The number of fused-ring (bicyclic) bond motifs is 1. The van der Waals surface area contributed by atoms with Crippen LogP contribution in [-0.4, -0.2) is 33.0 Å². The molecule has 0 aliphatic heterocycles. The van der Waals surface area contributed by atoms with Gasteiger partial charge < -0.3 is 14.9 Å². The van der Waals surface area contributed by atoms with Crippen LogP contribution < -0.4 is 4.74 Å². The summed E-state index contributed by atoms with van der Waals surface area (Å²) in [5.74, 6) is -5.23. The third kappa shape index (κ3) is 3.80. The summed E-state index contributed by atoms with van der Waals surface area (Å²) < 4.78 is 55.7. The molecule has 0 amide bonds. The van der Waals surface area contributed by atoms with Crippen LogP contribution in [0.15, 0.2) is 36.4 Å². The zero-order chi connectivity index (χ0) is 22.4. The van der Waals surface area contributed by atoms with Crippen molar-refractivity contribution in [2.24, 2.45) is 0 Å². The smallest absolute Gasteiger partial charge is 0.505 e. The maximum atomic E-state index is 14.0. The van der Waals surface area contributed by atoms with Crippen LogP contribution >= 0.6 is 0 Å². The number of carboxylic acids is 1. The number of aliphatic carboxylic acids is 1. The topological polar surface area (TPSA) is 88.8 Å². The van der Waals surface area contributed by atoms with Crippen LogP contribution in [0.1, 0.15) is 34.5 Å². The van der Waals surface area contributed by atoms with Gasteiger partial charge in [-0.05, 0) is 49.7 Å². The lowest BCUT2D eigenvalue weighted by molar-refractivity contribution is -0.274. The van der Waals surface area contributed by atoms with E-state index in [4.69, 9.17) is 0 Å². The summed E-state index contributed by atoms with van der Waals surface area (Å²) in [7, 11) is 0. The van der Waals surface area contributed by atoms with E-state index in [0.29, 0.717) is 0 Å². The van der Waals surface area contributed by atoms with Gasteiger partial charge in [0.1, 0.15) is 5.75 Å². The highest BCUT2D eigenvalue weighted by atomic mass is 19.4. The fourth-order valence-corrected chi connectivity index (χ4v) is 3.31. The zero-order valence-electron chi connectivity index (χ0n) is 15.6. The summed E-state index contributed by atoms with van der Waals surface area (Å²) >= 11 is 0. The van der Waals surface area contributed by atoms with Crippen LogP contribution in [-0.2, 0) is 4.79 Å². The molecule has 2 aromatic carbocycles. The first kappa shape index (κ1) is 21.2. The van der Waals surface area contributed by atoms with Gasteiger partial charge in [0, 0.05) is 22.7 Å². The molecule has 1 heterocycles. The predicted octanol–water partition coefficient (Wildman–Crippen LogP) is 4.57.